The summed E-state index contributed by atoms with van der Waals surface area (Å²) in [5.41, 5.74) is 6.04. The minimum atomic E-state index is -0.447. The van der Waals surface area contributed by atoms with Gasteiger partial charge in [-0.25, -0.2) is 4.39 Å². The van der Waals surface area contributed by atoms with Gasteiger partial charge in [0.05, 0.1) is 22.3 Å². The van der Waals surface area contributed by atoms with Crippen molar-refractivity contribution < 1.29 is 14.3 Å². The van der Waals surface area contributed by atoms with Gasteiger partial charge in [0.25, 0.3) is 0 Å². The van der Waals surface area contributed by atoms with E-state index in [1.165, 1.54) is 38.2 Å². The third-order valence-corrected chi connectivity index (χ3v) is 7.76. The minimum absolute atomic E-state index is 0.0956. The van der Waals surface area contributed by atoms with Gasteiger partial charge < -0.3 is 5.11 Å². The first-order chi connectivity index (χ1) is 20.1. The molecule has 4 rings (SSSR count). The van der Waals surface area contributed by atoms with E-state index in [9.17, 15) is 14.4 Å². The predicted octanol–water partition coefficient (Wildman–Crippen LogP) is 10.2. The maximum atomic E-state index is 14.7. The predicted molar refractivity (Wildman–Crippen MR) is 173 cm³/mol. The molecular weight excluding hydrogens is 547 g/mol. The number of benzene rings is 2. The molecule has 224 valence electrons. The molecule has 42 heavy (non-hydrogen) atoms. The van der Waals surface area contributed by atoms with E-state index in [2.05, 4.69) is 18.0 Å². The summed E-state index contributed by atoms with van der Waals surface area (Å²) in [4.78, 5) is 16.3. The largest absolute Gasteiger partial charge is 0.396 e. The van der Waals surface area contributed by atoms with Crippen LogP contribution in [0.5, 0.6) is 0 Å². The first-order valence-electron chi connectivity index (χ1n) is 14.9. The number of carbonyl (C=O) groups is 1. The highest BCUT2D eigenvalue weighted by molar-refractivity contribution is 6.33. The summed E-state index contributed by atoms with van der Waals surface area (Å²) in [7, 11) is 0. The molecule has 3 aromatic rings. The number of hydrogen-bond donors (Lipinski definition) is 1. The van der Waals surface area contributed by atoms with Crippen molar-refractivity contribution in [2.75, 3.05) is 6.61 Å². The van der Waals surface area contributed by atoms with E-state index in [0.717, 1.165) is 34.6 Å². The van der Waals surface area contributed by atoms with Crippen LogP contribution in [-0.2, 0) is 0 Å². The highest BCUT2D eigenvalue weighted by Crippen LogP contribution is 2.34. The summed E-state index contributed by atoms with van der Waals surface area (Å²) >= 11 is 6.45. The molecular formula is C36H44ClFN2O2. The van der Waals surface area contributed by atoms with Gasteiger partial charge in [0.2, 0.25) is 0 Å². The Morgan fingerprint density at radius 2 is 1.81 bits per heavy atom. The second kappa shape index (κ2) is 17.6. The molecule has 6 heteroatoms. The topological polar surface area (TPSA) is 74.0 Å². The number of aryl methyl sites for hydroxylation is 1. The smallest absolute Gasteiger partial charge is 0.162 e. The van der Waals surface area contributed by atoms with Crippen LogP contribution in [0.2, 0.25) is 5.02 Å². The molecule has 0 bridgehead atoms. The summed E-state index contributed by atoms with van der Waals surface area (Å²) in [6.45, 7) is 11.9. The number of rotatable bonds is 6. The molecule has 0 radical (unpaired) electrons. The van der Waals surface area contributed by atoms with Gasteiger partial charge in [0, 0.05) is 35.9 Å². The molecule has 1 fully saturated rings. The first-order valence-corrected chi connectivity index (χ1v) is 15.2. The fraction of sp³-hybridized carbons (Fsp3) is 0.417. The molecule has 0 unspecified atom stereocenters. The lowest BCUT2D eigenvalue weighted by Crippen LogP contribution is -1.99. The van der Waals surface area contributed by atoms with Gasteiger partial charge in [-0.2, -0.15) is 5.26 Å². The van der Waals surface area contributed by atoms with E-state index < -0.39 is 5.82 Å². The van der Waals surface area contributed by atoms with Gasteiger partial charge in [-0.15, -0.1) is 0 Å². The second-order valence-corrected chi connectivity index (χ2v) is 11.3. The Morgan fingerprint density at radius 1 is 1.14 bits per heavy atom. The van der Waals surface area contributed by atoms with Crippen LogP contribution >= 0.6 is 11.6 Å². The number of aliphatic hydroxyl groups is 1. The van der Waals surface area contributed by atoms with Gasteiger partial charge in [-0.05, 0) is 73.6 Å². The van der Waals surface area contributed by atoms with Crippen molar-refractivity contribution >= 4 is 29.0 Å². The minimum Gasteiger partial charge on any atom is -0.396 e. The summed E-state index contributed by atoms with van der Waals surface area (Å²) < 4.78 is 14.7. The third kappa shape index (κ3) is 9.89. The standard InChI is InChI=1S/C26H22ClFN2O.C7H14.C3H8O/c1-5-25(31)18-8-9-21(23(28)12-18)16(3)10-24-17(4)26(22(27)14-30-24)19-7-6-15(2)20(11-19)13-29;1-7-5-3-2-4-6-7;1-2-3-4/h6-12,14H,5H2,1-4H3;7H,2-6H2,1H3;4H,2-3H2,1H3/b16-10+;;. The number of pyridine rings is 1. The van der Waals surface area contributed by atoms with Crippen LogP contribution in [-0.4, -0.2) is 22.5 Å². The fourth-order valence-electron chi connectivity index (χ4n) is 4.79. The number of carbonyl (C=O) groups excluding carboxylic acids is 1. The molecule has 1 heterocycles. The number of allylic oxidation sites excluding steroid dienone is 1. The number of nitrogens with zero attached hydrogens (tertiary/aromatic N) is 2. The number of aromatic nitrogens is 1. The lowest BCUT2D eigenvalue weighted by molar-refractivity contribution is 0.0987. The summed E-state index contributed by atoms with van der Waals surface area (Å²) in [6.07, 6.45) is 12.0. The van der Waals surface area contributed by atoms with Crippen LogP contribution in [0.1, 0.15) is 111 Å². The van der Waals surface area contributed by atoms with Crippen LogP contribution in [0.25, 0.3) is 22.8 Å². The van der Waals surface area contributed by atoms with E-state index >= 15 is 0 Å². The number of ketones is 1. The van der Waals surface area contributed by atoms with Crippen molar-refractivity contribution in [3.8, 4) is 17.2 Å². The van der Waals surface area contributed by atoms with Crippen molar-refractivity contribution in [1.82, 2.24) is 4.98 Å². The highest BCUT2D eigenvalue weighted by atomic mass is 35.5. The normalized spacial score (nSPS) is 13.3. The van der Waals surface area contributed by atoms with E-state index in [1.54, 1.807) is 38.3 Å². The van der Waals surface area contributed by atoms with Crippen LogP contribution < -0.4 is 0 Å². The number of Topliss-reactive ketones (excluding diaryl/α,β-unsaturated/α-hetero) is 1. The SMILES string of the molecule is CC1CCCCC1.CCC(=O)c1ccc(/C(C)=C/c2ncc(Cl)c(-c3ccc(C)c(C#N)c3)c2C)c(F)c1.CCCO. The lowest BCUT2D eigenvalue weighted by atomic mass is 9.91. The van der Waals surface area contributed by atoms with Crippen LogP contribution in [0.4, 0.5) is 4.39 Å². The Labute approximate surface area is 256 Å². The molecule has 0 atom stereocenters. The van der Waals surface area contributed by atoms with Gasteiger partial charge >= 0.3 is 0 Å². The van der Waals surface area contributed by atoms with Crippen LogP contribution in [0.3, 0.4) is 0 Å². The average molecular weight is 591 g/mol. The third-order valence-electron chi connectivity index (χ3n) is 7.47. The summed E-state index contributed by atoms with van der Waals surface area (Å²) in [5, 5.41) is 17.7. The van der Waals surface area contributed by atoms with Gasteiger partial charge in [0.1, 0.15) is 5.82 Å². The zero-order chi connectivity index (χ0) is 31.2. The van der Waals surface area contributed by atoms with Crippen molar-refractivity contribution in [2.45, 2.75) is 86.5 Å². The van der Waals surface area contributed by atoms with Gasteiger partial charge in [-0.3, -0.25) is 9.78 Å². The molecule has 0 amide bonds. The van der Waals surface area contributed by atoms with Crippen molar-refractivity contribution in [3.05, 3.63) is 86.9 Å². The number of halogens is 2. The maximum absolute atomic E-state index is 14.7. The molecule has 1 aromatic heterocycles. The Kier molecular flexibility index (Phi) is 14.6. The summed E-state index contributed by atoms with van der Waals surface area (Å²) in [6, 6.07) is 12.4. The molecule has 0 saturated heterocycles. The molecule has 0 aliphatic heterocycles. The molecule has 1 N–H and O–H groups in total. The number of hydrogen-bond acceptors (Lipinski definition) is 4. The van der Waals surface area contributed by atoms with Gasteiger partial charge in [0.15, 0.2) is 5.78 Å². The quantitative estimate of drug-likeness (QED) is 0.290. The maximum Gasteiger partial charge on any atom is 0.162 e. The van der Waals surface area contributed by atoms with Crippen LogP contribution in [0, 0.1) is 36.9 Å². The van der Waals surface area contributed by atoms with Crippen molar-refractivity contribution in [2.24, 2.45) is 5.92 Å². The number of nitriles is 1. The second-order valence-electron chi connectivity index (χ2n) is 10.9. The number of aliphatic hydroxyl groups excluding tert-OH is 1. The van der Waals surface area contributed by atoms with Gasteiger partial charge in [-0.1, -0.05) is 88.7 Å². The summed E-state index contributed by atoms with van der Waals surface area (Å²) in [5.74, 6) is 0.493. The Morgan fingerprint density at radius 3 is 2.33 bits per heavy atom. The average Bonchev–Trinajstić information content (AvgIpc) is 2.99. The Bertz CT molecular complexity index is 1420. The molecule has 2 aromatic carbocycles. The Balaban J connectivity index is 0.000000470. The highest BCUT2D eigenvalue weighted by Gasteiger charge is 2.15. The molecule has 0 spiro atoms. The van der Waals surface area contributed by atoms with Crippen LogP contribution in [0.15, 0.2) is 42.6 Å². The molecule has 1 aliphatic rings. The zero-order valence-corrected chi connectivity index (χ0v) is 26.6. The van der Waals surface area contributed by atoms with Crippen molar-refractivity contribution in [1.29, 1.82) is 5.26 Å². The lowest BCUT2D eigenvalue weighted by Gasteiger charge is -2.15. The Hall–Kier alpha value is -3.33. The van der Waals surface area contributed by atoms with E-state index in [4.69, 9.17) is 16.7 Å². The molecule has 4 nitrogen and oxygen atoms in total. The first kappa shape index (κ1) is 34.9. The fourth-order valence-corrected chi connectivity index (χ4v) is 5.09. The van der Waals surface area contributed by atoms with E-state index in [1.807, 2.05) is 39.0 Å². The molecule has 1 saturated carbocycles. The van der Waals surface area contributed by atoms with E-state index in [-0.39, 0.29) is 5.78 Å². The zero-order valence-electron chi connectivity index (χ0n) is 25.9. The van der Waals surface area contributed by atoms with E-state index in [0.29, 0.717) is 46.0 Å². The monoisotopic (exact) mass is 590 g/mol. The van der Waals surface area contributed by atoms with Crippen molar-refractivity contribution in [3.63, 3.8) is 0 Å². The molecule has 1 aliphatic carbocycles.